The summed E-state index contributed by atoms with van der Waals surface area (Å²) in [7, 11) is 0. The van der Waals surface area contributed by atoms with Crippen LogP contribution in [-0.2, 0) is 0 Å². The predicted octanol–water partition coefficient (Wildman–Crippen LogP) is 5.54. The van der Waals surface area contributed by atoms with Gasteiger partial charge in [0.05, 0.1) is 6.04 Å². The van der Waals surface area contributed by atoms with Gasteiger partial charge in [-0.05, 0) is 61.7 Å². The number of hydrogen-bond acceptors (Lipinski definition) is 2. The summed E-state index contributed by atoms with van der Waals surface area (Å²) in [5.41, 5.74) is 2.87. The van der Waals surface area contributed by atoms with Crippen molar-refractivity contribution in [1.29, 1.82) is 0 Å². The van der Waals surface area contributed by atoms with Crippen molar-refractivity contribution >= 4 is 6.21 Å². The molecule has 2 aromatic carbocycles. The van der Waals surface area contributed by atoms with Gasteiger partial charge in [0.25, 0.3) is 0 Å². The number of nitrogens with zero attached hydrogens (tertiary/aromatic N) is 2. The number of piperidine rings is 3. The van der Waals surface area contributed by atoms with Crippen LogP contribution in [0.1, 0.15) is 55.6 Å². The van der Waals surface area contributed by atoms with Crippen molar-refractivity contribution < 1.29 is 0 Å². The van der Waals surface area contributed by atoms with Crippen molar-refractivity contribution in [3.8, 4) is 0 Å². The standard InChI is InChI=1S/C26H32N2/c1-3-11-21(12-4-1)24(22-13-5-2-6-14-22)26-25(23-15-17-28(26)18-16-23)27-19-20-9-7-8-10-20/h1-6,11-14,19-20,23-26H,7-10,15-18H2/t25-,26+/m1/s1. The van der Waals surface area contributed by atoms with Crippen molar-refractivity contribution in [1.82, 2.24) is 4.90 Å². The Morgan fingerprint density at radius 3 is 1.93 bits per heavy atom. The van der Waals surface area contributed by atoms with Crippen LogP contribution in [0.4, 0.5) is 0 Å². The molecule has 2 bridgehead atoms. The van der Waals surface area contributed by atoms with E-state index in [1.807, 2.05) is 0 Å². The maximum absolute atomic E-state index is 5.33. The average Bonchev–Trinajstić information content (AvgIpc) is 3.29. The lowest BCUT2D eigenvalue weighted by molar-refractivity contribution is 0.0214. The van der Waals surface area contributed by atoms with Gasteiger partial charge in [-0.2, -0.15) is 0 Å². The number of hydrogen-bond donors (Lipinski definition) is 0. The Labute approximate surface area is 169 Å². The van der Waals surface area contributed by atoms with Crippen LogP contribution in [0, 0.1) is 11.8 Å². The highest BCUT2D eigenvalue weighted by atomic mass is 15.2. The molecule has 146 valence electrons. The second kappa shape index (κ2) is 8.21. The molecule has 0 aromatic heterocycles. The van der Waals surface area contributed by atoms with E-state index in [9.17, 15) is 0 Å². The first-order chi connectivity index (χ1) is 13.9. The molecule has 6 rings (SSSR count). The van der Waals surface area contributed by atoms with E-state index < -0.39 is 0 Å². The van der Waals surface area contributed by atoms with Crippen molar-refractivity contribution in [2.75, 3.05) is 13.1 Å². The SMILES string of the molecule is C(=N[C@@H]1C2CCN(CC2)[C@H]1C(c1ccccc1)c1ccccc1)C1CCCC1. The number of fused-ring (bicyclic) bond motifs is 3. The minimum Gasteiger partial charge on any atom is -0.297 e. The van der Waals surface area contributed by atoms with Gasteiger partial charge >= 0.3 is 0 Å². The molecule has 1 aliphatic carbocycles. The highest BCUT2D eigenvalue weighted by molar-refractivity contribution is 5.61. The lowest BCUT2D eigenvalue weighted by Gasteiger charge is -2.52. The maximum Gasteiger partial charge on any atom is 0.0689 e. The zero-order chi connectivity index (χ0) is 18.8. The summed E-state index contributed by atoms with van der Waals surface area (Å²) < 4.78 is 0. The first-order valence-electron chi connectivity index (χ1n) is 11.3. The van der Waals surface area contributed by atoms with Gasteiger partial charge in [-0.15, -0.1) is 0 Å². The third-order valence-corrected chi connectivity index (χ3v) is 7.36. The van der Waals surface area contributed by atoms with E-state index >= 15 is 0 Å². The zero-order valence-corrected chi connectivity index (χ0v) is 16.8. The molecule has 2 aromatic rings. The van der Waals surface area contributed by atoms with Crippen LogP contribution in [-0.4, -0.2) is 36.3 Å². The largest absolute Gasteiger partial charge is 0.297 e. The van der Waals surface area contributed by atoms with E-state index in [0.29, 0.717) is 18.0 Å². The third-order valence-electron chi connectivity index (χ3n) is 7.36. The fourth-order valence-electron chi connectivity index (χ4n) is 5.91. The normalized spacial score (nSPS) is 30.5. The summed E-state index contributed by atoms with van der Waals surface area (Å²) >= 11 is 0. The lowest BCUT2D eigenvalue weighted by Crippen LogP contribution is -2.59. The smallest absolute Gasteiger partial charge is 0.0689 e. The van der Waals surface area contributed by atoms with Crippen molar-refractivity contribution in [2.45, 2.75) is 56.5 Å². The second-order valence-electron chi connectivity index (χ2n) is 9.00. The van der Waals surface area contributed by atoms with E-state index in [1.54, 1.807) is 0 Å². The fourth-order valence-corrected chi connectivity index (χ4v) is 5.91. The molecule has 0 amide bonds. The Morgan fingerprint density at radius 1 is 0.786 bits per heavy atom. The summed E-state index contributed by atoms with van der Waals surface area (Å²) in [6.07, 6.45) is 10.5. The van der Waals surface area contributed by atoms with E-state index in [-0.39, 0.29) is 0 Å². The molecule has 4 aliphatic rings. The topological polar surface area (TPSA) is 15.6 Å². The summed E-state index contributed by atoms with van der Waals surface area (Å²) in [6, 6.07) is 23.2. The number of rotatable bonds is 5. The minimum absolute atomic E-state index is 0.399. The van der Waals surface area contributed by atoms with E-state index in [1.165, 1.54) is 62.7 Å². The number of aliphatic imine (C=N–C) groups is 1. The molecule has 2 nitrogen and oxygen atoms in total. The third kappa shape index (κ3) is 3.55. The van der Waals surface area contributed by atoms with Gasteiger partial charge < -0.3 is 0 Å². The van der Waals surface area contributed by atoms with E-state index in [0.717, 1.165) is 11.8 Å². The van der Waals surface area contributed by atoms with Crippen LogP contribution in [0.3, 0.4) is 0 Å². The molecule has 28 heavy (non-hydrogen) atoms. The van der Waals surface area contributed by atoms with Gasteiger partial charge in [0.1, 0.15) is 0 Å². The molecule has 3 aliphatic heterocycles. The molecule has 3 saturated heterocycles. The summed E-state index contributed by atoms with van der Waals surface area (Å²) in [5, 5.41) is 0. The van der Waals surface area contributed by atoms with Crippen LogP contribution >= 0.6 is 0 Å². The van der Waals surface area contributed by atoms with Crippen molar-refractivity contribution in [3.05, 3.63) is 71.8 Å². The molecular weight excluding hydrogens is 340 g/mol. The highest BCUT2D eigenvalue weighted by Gasteiger charge is 2.46. The second-order valence-corrected chi connectivity index (χ2v) is 9.00. The first kappa shape index (κ1) is 18.1. The van der Waals surface area contributed by atoms with Crippen LogP contribution in [0.25, 0.3) is 0 Å². The summed E-state index contributed by atoms with van der Waals surface area (Å²) in [4.78, 5) is 8.09. The van der Waals surface area contributed by atoms with Crippen LogP contribution < -0.4 is 0 Å². The van der Waals surface area contributed by atoms with Crippen molar-refractivity contribution in [3.63, 3.8) is 0 Å². The van der Waals surface area contributed by atoms with E-state index in [2.05, 4.69) is 71.8 Å². The monoisotopic (exact) mass is 372 g/mol. The molecule has 0 N–H and O–H groups in total. The van der Waals surface area contributed by atoms with Crippen LogP contribution in [0.5, 0.6) is 0 Å². The highest BCUT2D eigenvalue weighted by Crippen LogP contribution is 2.43. The Hall–Kier alpha value is -1.93. The Balaban J connectivity index is 1.53. The summed E-state index contributed by atoms with van der Waals surface area (Å²) in [6.45, 7) is 2.47. The predicted molar refractivity (Wildman–Crippen MR) is 117 cm³/mol. The molecule has 3 heterocycles. The Morgan fingerprint density at radius 2 is 1.36 bits per heavy atom. The molecule has 0 unspecified atom stereocenters. The van der Waals surface area contributed by atoms with Gasteiger partial charge in [0.15, 0.2) is 0 Å². The molecule has 2 atom stereocenters. The van der Waals surface area contributed by atoms with E-state index in [4.69, 9.17) is 4.99 Å². The summed E-state index contributed by atoms with van der Waals surface area (Å²) in [5.74, 6) is 1.88. The fraction of sp³-hybridized carbons (Fsp3) is 0.500. The Bertz CT molecular complexity index is 731. The van der Waals surface area contributed by atoms with Crippen molar-refractivity contribution in [2.24, 2.45) is 16.8 Å². The lowest BCUT2D eigenvalue weighted by atomic mass is 9.71. The molecular formula is C26H32N2. The van der Waals surface area contributed by atoms with Crippen LogP contribution in [0.2, 0.25) is 0 Å². The molecule has 2 heteroatoms. The van der Waals surface area contributed by atoms with Gasteiger partial charge in [0, 0.05) is 18.2 Å². The van der Waals surface area contributed by atoms with Crippen LogP contribution in [0.15, 0.2) is 65.7 Å². The molecule has 0 spiro atoms. The first-order valence-corrected chi connectivity index (χ1v) is 11.3. The Kier molecular flexibility index (Phi) is 5.31. The van der Waals surface area contributed by atoms with Gasteiger partial charge in [0.2, 0.25) is 0 Å². The number of benzene rings is 2. The minimum atomic E-state index is 0.399. The molecule has 1 saturated carbocycles. The zero-order valence-electron chi connectivity index (χ0n) is 16.8. The average molecular weight is 373 g/mol. The van der Waals surface area contributed by atoms with Gasteiger partial charge in [-0.25, -0.2) is 0 Å². The van der Waals surface area contributed by atoms with Gasteiger partial charge in [-0.3, -0.25) is 9.89 Å². The molecule has 4 fully saturated rings. The molecule has 0 radical (unpaired) electrons. The quantitative estimate of drug-likeness (QED) is 0.629. The van der Waals surface area contributed by atoms with Gasteiger partial charge in [-0.1, -0.05) is 73.5 Å². The maximum atomic E-state index is 5.33.